The number of hydrogen-bond acceptors (Lipinski definition) is 4. The molecule has 0 spiro atoms. The zero-order chi connectivity index (χ0) is 17.4. The molecule has 0 atom stereocenters. The van der Waals surface area contributed by atoms with Gasteiger partial charge in [-0.1, -0.05) is 6.07 Å². The maximum Gasteiger partial charge on any atom is 0.260 e. The van der Waals surface area contributed by atoms with E-state index in [-0.39, 0.29) is 23.3 Å². The second kappa shape index (κ2) is 6.11. The number of nitrogens with zero attached hydrogens (tertiary/aromatic N) is 2. The maximum atomic E-state index is 13.0. The molecule has 1 fully saturated rings. The Bertz CT molecular complexity index is 877. The van der Waals surface area contributed by atoms with Crippen molar-refractivity contribution in [1.82, 2.24) is 9.47 Å². The van der Waals surface area contributed by atoms with Crippen LogP contribution >= 0.6 is 0 Å². The molecule has 6 heteroatoms. The average molecular weight is 327 g/mol. The lowest BCUT2D eigenvalue weighted by atomic mass is 9.95. The molecule has 2 N–H and O–H groups in total. The summed E-state index contributed by atoms with van der Waals surface area (Å²) < 4.78 is 1.26. The molecule has 0 radical (unpaired) electrons. The third-order valence-electron chi connectivity index (χ3n) is 4.72. The van der Waals surface area contributed by atoms with Crippen LogP contribution in [0.25, 0.3) is 10.9 Å². The summed E-state index contributed by atoms with van der Waals surface area (Å²) in [5.74, 6) is -0.445. The highest BCUT2D eigenvalue weighted by Gasteiger charge is 2.28. The predicted octanol–water partition coefficient (Wildman–Crippen LogP) is 1.79. The summed E-state index contributed by atoms with van der Waals surface area (Å²) in [5.41, 5.74) is 7.13. The Morgan fingerprint density at radius 3 is 2.46 bits per heavy atom. The van der Waals surface area contributed by atoms with Gasteiger partial charge in [0.1, 0.15) is 0 Å². The number of hydrogen-bond donors (Lipinski definition) is 1. The minimum atomic E-state index is -0.299. The summed E-state index contributed by atoms with van der Waals surface area (Å²) in [4.78, 5) is 38.7. The van der Waals surface area contributed by atoms with Gasteiger partial charge in [-0.15, -0.1) is 0 Å². The summed E-state index contributed by atoms with van der Waals surface area (Å²) in [6.45, 7) is 4.34. The molecule has 2 heterocycles. The van der Waals surface area contributed by atoms with Crippen molar-refractivity contribution in [3.8, 4) is 0 Å². The van der Waals surface area contributed by atoms with E-state index in [0.29, 0.717) is 42.7 Å². The van der Waals surface area contributed by atoms with Crippen molar-refractivity contribution in [3.63, 3.8) is 0 Å². The fraction of sp³-hybridized carbons (Fsp3) is 0.389. The van der Waals surface area contributed by atoms with E-state index in [2.05, 4.69) is 0 Å². The first-order valence-corrected chi connectivity index (χ1v) is 8.10. The summed E-state index contributed by atoms with van der Waals surface area (Å²) in [6.07, 6.45) is 1.14. The monoisotopic (exact) mass is 327 g/mol. The van der Waals surface area contributed by atoms with Crippen molar-refractivity contribution in [3.05, 3.63) is 40.2 Å². The quantitative estimate of drug-likeness (QED) is 0.809. The topological polar surface area (TPSA) is 85.4 Å². The largest absolute Gasteiger partial charge is 0.399 e. The molecule has 0 aliphatic carbocycles. The molecule has 0 bridgehead atoms. The number of benzene rings is 1. The van der Waals surface area contributed by atoms with Gasteiger partial charge in [0.15, 0.2) is 0 Å². The van der Waals surface area contributed by atoms with E-state index in [1.807, 2.05) is 6.07 Å². The Balaban J connectivity index is 2.01. The summed E-state index contributed by atoms with van der Waals surface area (Å²) in [7, 11) is 0. The molecule has 6 nitrogen and oxygen atoms in total. The van der Waals surface area contributed by atoms with E-state index < -0.39 is 0 Å². The number of nitrogen functional groups attached to an aromatic ring is 1. The molecule has 1 aromatic carbocycles. The molecule has 1 aliphatic rings. The maximum absolute atomic E-state index is 13.0. The molecule has 1 aliphatic heterocycles. The number of piperidine rings is 1. The van der Waals surface area contributed by atoms with Gasteiger partial charge in [0.2, 0.25) is 11.8 Å². The number of carbonyl (C=O) groups is 2. The van der Waals surface area contributed by atoms with E-state index in [1.54, 1.807) is 30.0 Å². The molecule has 1 aromatic heterocycles. The lowest BCUT2D eigenvalue weighted by Gasteiger charge is -2.30. The van der Waals surface area contributed by atoms with Gasteiger partial charge >= 0.3 is 0 Å². The van der Waals surface area contributed by atoms with Gasteiger partial charge in [-0.2, -0.15) is 0 Å². The summed E-state index contributed by atoms with van der Waals surface area (Å²) in [6, 6.07) is 7.02. The van der Waals surface area contributed by atoms with Crippen LogP contribution < -0.4 is 11.3 Å². The minimum absolute atomic E-state index is 0.0202. The third kappa shape index (κ3) is 2.79. The van der Waals surface area contributed by atoms with E-state index in [1.165, 1.54) is 11.5 Å². The van der Waals surface area contributed by atoms with Crippen LogP contribution in [0.5, 0.6) is 0 Å². The molecule has 3 rings (SSSR count). The van der Waals surface area contributed by atoms with Gasteiger partial charge in [-0.05, 0) is 43.4 Å². The van der Waals surface area contributed by atoms with Crippen molar-refractivity contribution in [2.75, 3.05) is 18.8 Å². The minimum Gasteiger partial charge on any atom is -0.399 e. The van der Waals surface area contributed by atoms with E-state index in [4.69, 9.17) is 5.73 Å². The average Bonchev–Trinajstić information content (AvgIpc) is 2.56. The van der Waals surface area contributed by atoms with Gasteiger partial charge in [-0.25, -0.2) is 4.57 Å². The molecule has 2 aromatic rings. The summed E-state index contributed by atoms with van der Waals surface area (Å²) in [5, 5.41) is 0.816. The van der Waals surface area contributed by atoms with Crippen molar-refractivity contribution in [1.29, 1.82) is 0 Å². The Morgan fingerprint density at radius 1 is 1.17 bits per heavy atom. The number of fused-ring (bicyclic) bond motifs is 1. The molecule has 24 heavy (non-hydrogen) atoms. The zero-order valence-corrected chi connectivity index (χ0v) is 13.9. The van der Waals surface area contributed by atoms with Crippen molar-refractivity contribution in [2.45, 2.75) is 26.7 Å². The van der Waals surface area contributed by atoms with E-state index in [9.17, 15) is 14.4 Å². The second-order valence-electron chi connectivity index (χ2n) is 6.40. The number of carbonyl (C=O) groups excluding carboxylic acids is 2. The molecule has 0 saturated carbocycles. The highest BCUT2D eigenvalue weighted by atomic mass is 16.2. The van der Waals surface area contributed by atoms with Crippen LogP contribution in [0.15, 0.2) is 29.1 Å². The first-order valence-electron chi connectivity index (χ1n) is 8.10. The first kappa shape index (κ1) is 16.2. The number of amides is 1. The first-order chi connectivity index (χ1) is 11.4. The Hall–Kier alpha value is -2.63. The number of nitrogens with two attached hydrogens (primary N) is 1. The lowest BCUT2D eigenvalue weighted by molar-refractivity contribution is -0.130. The molecule has 1 amide bonds. The van der Waals surface area contributed by atoms with Crippen LogP contribution in [0.2, 0.25) is 0 Å². The SMILES string of the molecule is CC(=O)N1CCC(C(=O)n2c(=O)c(C)cc3ccc(N)cc32)CC1. The zero-order valence-electron chi connectivity index (χ0n) is 13.9. The van der Waals surface area contributed by atoms with Gasteiger partial charge in [0, 0.05) is 37.2 Å². The number of anilines is 1. The highest BCUT2D eigenvalue weighted by molar-refractivity contribution is 5.94. The van der Waals surface area contributed by atoms with Gasteiger partial charge in [0.05, 0.1) is 5.52 Å². The Kier molecular flexibility index (Phi) is 4.13. The smallest absolute Gasteiger partial charge is 0.260 e. The summed E-state index contributed by atoms with van der Waals surface area (Å²) >= 11 is 0. The van der Waals surface area contributed by atoms with Crippen molar-refractivity contribution in [2.24, 2.45) is 5.92 Å². The van der Waals surface area contributed by atoms with E-state index in [0.717, 1.165) is 5.39 Å². The van der Waals surface area contributed by atoms with Crippen LogP contribution in [-0.2, 0) is 4.79 Å². The fourth-order valence-electron chi connectivity index (χ4n) is 3.30. The predicted molar refractivity (Wildman–Crippen MR) is 93.0 cm³/mol. The molecule has 126 valence electrons. The van der Waals surface area contributed by atoms with Crippen LogP contribution in [0.3, 0.4) is 0 Å². The van der Waals surface area contributed by atoms with Crippen LogP contribution in [0, 0.1) is 12.8 Å². The Morgan fingerprint density at radius 2 is 1.83 bits per heavy atom. The van der Waals surface area contributed by atoms with Crippen molar-refractivity contribution < 1.29 is 9.59 Å². The van der Waals surface area contributed by atoms with Crippen LogP contribution in [0.4, 0.5) is 5.69 Å². The fourth-order valence-corrected chi connectivity index (χ4v) is 3.30. The highest BCUT2D eigenvalue weighted by Crippen LogP contribution is 2.22. The number of aromatic nitrogens is 1. The molecular weight excluding hydrogens is 306 g/mol. The lowest BCUT2D eigenvalue weighted by Crippen LogP contribution is -2.42. The number of rotatable bonds is 1. The van der Waals surface area contributed by atoms with Gasteiger partial charge in [0.25, 0.3) is 5.56 Å². The van der Waals surface area contributed by atoms with E-state index >= 15 is 0 Å². The van der Waals surface area contributed by atoms with Gasteiger partial charge < -0.3 is 10.6 Å². The normalized spacial score (nSPS) is 15.7. The molecule has 1 saturated heterocycles. The number of aryl methyl sites for hydroxylation is 1. The number of pyridine rings is 1. The molecular formula is C18H21N3O3. The third-order valence-corrected chi connectivity index (χ3v) is 4.72. The van der Waals surface area contributed by atoms with Gasteiger partial charge in [-0.3, -0.25) is 14.4 Å². The van der Waals surface area contributed by atoms with Crippen LogP contribution in [0.1, 0.15) is 30.1 Å². The molecule has 0 unspecified atom stereocenters. The Labute approximate surface area is 139 Å². The number of likely N-dealkylation sites (tertiary alicyclic amines) is 1. The van der Waals surface area contributed by atoms with Crippen molar-refractivity contribution >= 4 is 28.4 Å². The van der Waals surface area contributed by atoms with Crippen LogP contribution in [-0.4, -0.2) is 34.4 Å². The standard InChI is InChI=1S/C18H21N3O3/c1-11-9-14-3-4-15(19)10-16(14)21(17(11)23)18(24)13-5-7-20(8-6-13)12(2)22/h3-4,9-10,13H,5-8,19H2,1-2H3. The second-order valence-corrected chi connectivity index (χ2v) is 6.40.